The normalized spacial score (nSPS) is 11.2. The number of hydrogen-bond acceptors (Lipinski definition) is 4. The molecule has 26 heavy (non-hydrogen) atoms. The van der Waals surface area contributed by atoms with Gasteiger partial charge in [0.2, 0.25) is 0 Å². The zero-order valence-electron chi connectivity index (χ0n) is 13.5. The lowest BCUT2D eigenvalue weighted by Gasteiger charge is -2.08. The number of carbonyl (C=O) groups excluding carboxylic acids is 1. The van der Waals surface area contributed by atoms with Crippen LogP contribution in [0.5, 0.6) is 0 Å². The third-order valence-electron chi connectivity index (χ3n) is 3.24. The zero-order valence-corrected chi connectivity index (χ0v) is 14.4. The lowest BCUT2D eigenvalue weighted by Crippen LogP contribution is -2.14. The van der Waals surface area contributed by atoms with Gasteiger partial charge in [0.25, 0.3) is 0 Å². The van der Waals surface area contributed by atoms with E-state index in [1.54, 1.807) is 0 Å². The van der Waals surface area contributed by atoms with Crippen LogP contribution in [0.4, 0.5) is 23.7 Å². The van der Waals surface area contributed by atoms with Crippen LogP contribution in [-0.2, 0) is 18.0 Å². The van der Waals surface area contributed by atoms with Crippen LogP contribution in [0.15, 0.2) is 41.4 Å². The number of thioether (sulfide) groups is 1. The second kappa shape index (κ2) is 8.17. The summed E-state index contributed by atoms with van der Waals surface area (Å²) in [6.07, 6.45) is -3.69. The number of benzene rings is 1. The van der Waals surface area contributed by atoms with Gasteiger partial charge in [-0.2, -0.15) is 13.2 Å². The number of carboxylic acid groups (broad SMARTS) is 1. The highest BCUT2D eigenvalue weighted by molar-refractivity contribution is 7.99. The standard InChI is InChI=1S/C16H15F3N2O4S/c1-21-9-11(8-13(21)14(22)23)20-15(24)25-6-7-26-12-4-2-10(3-5-12)16(17,18)19/h2-5,8-9H,6-7H2,1H3,(H,20,24)(H,22,23). The molecule has 0 saturated carbocycles. The number of aromatic nitrogens is 1. The van der Waals surface area contributed by atoms with Crippen molar-refractivity contribution in [1.82, 2.24) is 4.57 Å². The third kappa shape index (κ3) is 5.45. The first-order valence-electron chi connectivity index (χ1n) is 7.30. The van der Waals surface area contributed by atoms with E-state index in [0.717, 1.165) is 12.1 Å². The average Bonchev–Trinajstić information content (AvgIpc) is 2.92. The van der Waals surface area contributed by atoms with Crippen molar-refractivity contribution in [2.75, 3.05) is 17.7 Å². The van der Waals surface area contributed by atoms with Gasteiger partial charge in [0.15, 0.2) is 0 Å². The molecule has 0 fully saturated rings. The van der Waals surface area contributed by atoms with Gasteiger partial charge in [-0.25, -0.2) is 9.59 Å². The van der Waals surface area contributed by atoms with Gasteiger partial charge in [-0.3, -0.25) is 5.32 Å². The fraction of sp³-hybridized carbons (Fsp3) is 0.250. The predicted molar refractivity (Wildman–Crippen MR) is 89.5 cm³/mol. The Kier molecular flexibility index (Phi) is 6.19. The Bertz CT molecular complexity index is 788. The molecule has 0 aliphatic carbocycles. The molecule has 0 atom stereocenters. The molecule has 140 valence electrons. The van der Waals surface area contributed by atoms with Crippen molar-refractivity contribution in [3.05, 3.63) is 47.8 Å². The van der Waals surface area contributed by atoms with Crippen LogP contribution in [0, 0.1) is 0 Å². The second-order valence-corrected chi connectivity index (χ2v) is 6.33. The van der Waals surface area contributed by atoms with Crippen LogP contribution < -0.4 is 5.32 Å². The van der Waals surface area contributed by atoms with Gasteiger partial charge in [-0.05, 0) is 30.3 Å². The molecule has 6 nitrogen and oxygen atoms in total. The number of carbonyl (C=O) groups is 2. The quantitative estimate of drug-likeness (QED) is 0.576. The number of amides is 1. The summed E-state index contributed by atoms with van der Waals surface area (Å²) in [4.78, 5) is 23.2. The van der Waals surface area contributed by atoms with Crippen molar-refractivity contribution < 1.29 is 32.6 Å². The zero-order chi connectivity index (χ0) is 19.3. The molecule has 0 unspecified atom stereocenters. The van der Waals surface area contributed by atoms with E-state index in [2.05, 4.69) is 5.32 Å². The Balaban J connectivity index is 1.75. The number of aromatic carboxylic acids is 1. The maximum absolute atomic E-state index is 12.5. The number of anilines is 1. The molecule has 2 N–H and O–H groups in total. The van der Waals surface area contributed by atoms with Gasteiger partial charge < -0.3 is 14.4 Å². The summed E-state index contributed by atoms with van der Waals surface area (Å²) in [7, 11) is 1.53. The van der Waals surface area contributed by atoms with Crippen molar-refractivity contribution in [3.63, 3.8) is 0 Å². The molecular weight excluding hydrogens is 373 g/mol. The predicted octanol–water partition coefficient (Wildman–Crippen LogP) is 4.08. The molecule has 0 aliphatic heterocycles. The third-order valence-corrected chi connectivity index (χ3v) is 4.21. The van der Waals surface area contributed by atoms with Gasteiger partial charge in [0.05, 0.1) is 11.3 Å². The number of aryl methyl sites for hydroxylation is 1. The molecule has 0 spiro atoms. The summed E-state index contributed by atoms with van der Waals surface area (Å²) in [5.41, 5.74) is -0.426. The molecule has 10 heteroatoms. The van der Waals surface area contributed by atoms with Gasteiger partial charge in [0.1, 0.15) is 12.3 Å². The van der Waals surface area contributed by atoms with Crippen LogP contribution >= 0.6 is 11.8 Å². The summed E-state index contributed by atoms with van der Waals surface area (Å²) in [6, 6.07) is 5.98. The number of rotatable bonds is 6. The summed E-state index contributed by atoms with van der Waals surface area (Å²) >= 11 is 1.24. The van der Waals surface area contributed by atoms with Gasteiger partial charge in [-0.15, -0.1) is 11.8 Å². The number of ether oxygens (including phenoxy) is 1. The van der Waals surface area contributed by atoms with E-state index in [-0.39, 0.29) is 18.0 Å². The minimum atomic E-state index is -4.37. The van der Waals surface area contributed by atoms with Crippen LogP contribution in [0.25, 0.3) is 0 Å². The van der Waals surface area contributed by atoms with Gasteiger partial charge in [-0.1, -0.05) is 0 Å². The molecule has 1 aromatic carbocycles. The Hall–Kier alpha value is -2.62. The maximum atomic E-state index is 12.5. The van der Waals surface area contributed by atoms with E-state index in [1.807, 2.05) is 0 Å². The molecular formula is C16H15F3N2O4S. The molecule has 1 aromatic heterocycles. The van der Waals surface area contributed by atoms with E-state index in [1.165, 1.54) is 47.8 Å². The highest BCUT2D eigenvalue weighted by Crippen LogP contribution is 2.30. The Labute approximate surface area is 150 Å². The first kappa shape index (κ1) is 19.7. The number of hydrogen-bond donors (Lipinski definition) is 2. The molecule has 2 rings (SSSR count). The Morgan fingerprint density at radius 1 is 1.27 bits per heavy atom. The summed E-state index contributed by atoms with van der Waals surface area (Å²) in [5, 5.41) is 11.3. The lowest BCUT2D eigenvalue weighted by molar-refractivity contribution is -0.137. The molecule has 1 amide bonds. The first-order chi connectivity index (χ1) is 12.2. The highest BCUT2D eigenvalue weighted by atomic mass is 32.2. The van der Waals surface area contributed by atoms with Gasteiger partial charge >= 0.3 is 18.2 Å². The molecule has 0 bridgehead atoms. The van der Waals surface area contributed by atoms with Crippen LogP contribution in [0.1, 0.15) is 16.1 Å². The van der Waals surface area contributed by atoms with Gasteiger partial charge in [0, 0.05) is 23.9 Å². The molecule has 0 radical (unpaired) electrons. The second-order valence-electron chi connectivity index (χ2n) is 5.16. The van der Waals surface area contributed by atoms with Crippen molar-refractivity contribution in [3.8, 4) is 0 Å². The fourth-order valence-electron chi connectivity index (χ4n) is 2.03. The van der Waals surface area contributed by atoms with E-state index < -0.39 is 23.8 Å². The van der Waals surface area contributed by atoms with Crippen molar-refractivity contribution in [1.29, 1.82) is 0 Å². The summed E-state index contributed by atoms with van der Waals surface area (Å²) in [6.45, 7) is 0.0378. The Morgan fingerprint density at radius 2 is 1.92 bits per heavy atom. The van der Waals surface area contributed by atoms with Crippen molar-refractivity contribution in [2.24, 2.45) is 7.05 Å². The van der Waals surface area contributed by atoms with Crippen molar-refractivity contribution >= 4 is 29.5 Å². The smallest absolute Gasteiger partial charge is 0.416 e. The topological polar surface area (TPSA) is 80.6 Å². The molecule has 2 aromatic rings. The number of nitrogens with one attached hydrogen (secondary N) is 1. The lowest BCUT2D eigenvalue weighted by atomic mass is 10.2. The molecule has 0 saturated heterocycles. The van der Waals surface area contributed by atoms with E-state index in [4.69, 9.17) is 9.84 Å². The largest absolute Gasteiger partial charge is 0.477 e. The average molecular weight is 388 g/mol. The van der Waals surface area contributed by atoms with Crippen molar-refractivity contribution in [2.45, 2.75) is 11.1 Å². The minimum absolute atomic E-state index is 0.0122. The first-order valence-corrected chi connectivity index (χ1v) is 8.29. The fourth-order valence-corrected chi connectivity index (χ4v) is 2.76. The number of halogens is 3. The number of alkyl halides is 3. The van der Waals surface area contributed by atoms with E-state index >= 15 is 0 Å². The summed E-state index contributed by atoms with van der Waals surface area (Å²) < 4.78 is 43.7. The van der Waals surface area contributed by atoms with E-state index in [9.17, 15) is 22.8 Å². The number of nitrogens with zero attached hydrogens (tertiary/aromatic N) is 1. The highest BCUT2D eigenvalue weighted by Gasteiger charge is 2.29. The minimum Gasteiger partial charge on any atom is -0.477 e. The van der Waals surface area contributed by atoms with Crippen LogP contribution in [-0.4, -0.2) is 34.1 Å². The Morgan fingerprint density at radius 3 is 2.46 bits per heavy atom. The van der Waals surface area contributed by atoms with E-state index in [0.29, 0.717) is 10.6 Å². The SMILES string of the molecule is Cn1cc(NC(=O)OCCSc2ccc(C(F)(F)F)cc2)cc1C(=O)O. The monoisotopic (exact) mass is 388 g/mol. The maximum Gasteiger partial charge on any atom is 0.416 e. The van der Waals surface area contributed by atoms with Crippen LogP contribution in [0.2, 0.25) is 0 Å². The molecule has 0 aliphatic rings. The molecule has 1 heterocycles. The number of carboxylic acids is 1. The summed E-state index contributed by atoms with van der Waals surface area (Å²) in [5.74, 6) is -0.768. The van der Waals surface area contributed by atoms with Crippen LogP contribution in [0.3, 0.4) is 0 Å².